The quantitative estimate of drug-likeness (QED) is 0.759. The van der Waals surface area contributed by atoms with Gasteiger partial charge in [0.1, 0.15) is 5.75 Å². The van der Waals surface area contributed by atoms with E-state index in [0.717, 1.165) is 6.07 Å². The molecule has 2 aromatic rings. The number of nitrogens with zero attached hydrogens (tertiary/aromatic N) is 1. The van der Waals surface area contributed by atoms with Crippen molar-refractivity contribution < 1.29 is 17.9 Å². The van der Waals surface area contributed by atoms with Gasteiger partial charge in [-0.3, -0.25) is 0 Å². The molecule has 86 valence electrons. The monoisotopic (exact) mass is 237 g/mol. The highest BCUT2D eigenvalue weighted by Crippen LogP contribution is 2.32. The smallest absolute Gasteiger partial charge is 0.405 e. The first kappa shape index (κ1) is 11.3. The van der Waals surface area contributed by atoms with Crippen molar-refractivity contribution >= 4 is 10.8 Å². The second-order valence-electron chi connectivity index (χ2n) is 3.32. The van der Waals surface area contributed by atoms with Crippen LogP contribution in [0.5, 0.6) is 5.75 Å². The van der Waals surface area contributed by atoms with Gasteiger partial charge in [0.15, 0.2) is 0 Å². The van der Waals surface area contributed by atoms with Gasteiger partial charge in [-0.1, -0.05) is 24.3 Å². The minimum absolute atomic E-state index is 0.267. The molecule has 0 aliphatic rings. The minimum atomic E-state index is -4.74. The fraction of sp³-hybridized carbons (Fsp3) is 0.0833. The van der Waals surface area contributed by atoms with E-state index >= 15 is 0 Å². The number of hydrogen-bond donors (Lipinski definition) is 0. The lowest BCUT2D eigenvalue weighted by Crippen LogP contribution is -2.17. The average Bonchev–Trinajstić information content (AvgIpc) is 2.28. The Morgan fingerprint density at radius 1 is 1.00 bits per heavy atom. The van der Waals surface area contributed by atoms with Crippen molar-refractivity contribution in [3.05, 3.63) is 42.0 Å². The van der Waals surface area contributed by atoms with E-state index in [9.17, 15) is 13.2 Å². The molecule has 5 heteroatoms. The van der Waals surface area contributed by atoms with Crippen molar-refractivity contribution in [2.24, 2.45) is 0 Å². The Balaban J connectivity index is 2.64. The van der Waals surface area contributed by atoms with E-state index in [0.29, 0.717) is 10.9 Å². The van der Waals surface area contributed by atoms with Crippen LogP contribution in [-0.2, 0) is 0 Å². The summed E-state index contributed by atoms with van der Waals surface area (Å²) in [7, 11) is 0. The van der Waals surface area contributed by atoms with Gasteiger partial charge in [0.25, 0.3) is 0 Å². The van der Waals surface area contributed by atoms with E-state index < -0.39 is 6.36 Å². The van der Waals surface area contributed by atoms with Gasteiger partial charge in [0, 0.05) is 10.8 Å². The molecule has 0 atom stereocenters. The van der Waals surface area contributed by atoms with Crippen LogP contribution in [0.15, 0.2) is 36.4 Å². The molecule has 0 amide bonds. The first-order valence-electron chi connectivity index (χ1n) is 4.69. The second-order valence-corrected chi connectivity index (χ2v) is 3.32. The summed E-state index contributed by atoms with van der Waals surface area (Å²) in [6.07, 6.45) is -4.74. The first-order valence-corrected chi connectivity index (χ1v) is 4.69. The highest BCUT2D eigenvalue weighted by Gasteiger charge is 2.31. The summed E-state index contributed by atoms with van der Waals surface area (Å²) in [6, 6.07) is 10.7. The molecule has 0 aliphatic heterocycles. The van der Waals surface area contributed by atoms with Gasteiger partial charge in [-0.2, -0.15) is 5.26 Å². The molecule has 0 aromatic heterocycles. The van der Waals surface area contributed by atoms with Crippen LogP contribution in [0.3, 0.4) is 0 Å². The van der Waals surface area contributed by atoms with Gasteiger partial charge in [-0.15, -0.1) is 13.2 Å². The maximum absolute atomic E-state index is 12.2. The number of ether oxygens (including phenoxy) is 1. The van der Waals surface area contributed by atoms with E-state index in [1.165, 1.54) is 12.1 Å². The fourth-order valence-corrected chi connectivity index (χ4v) is 1.58. The second kappa shape index (κ2) is 3.98. The van der Waals surface area contributed by atoms with Crippen LogP contribution in [0, 0.1) is 11.3 Å². The van der Waals surface area contributed by atoms with Crippen LogP contribution in [0.1, 0.15) is 5.56 Å². The van der Waals surface area contributed by atoms with Crippen LogP contribution in [0.4, 0.5) is 13.2 Å². The minimum Gasteiger partial charge on any atom is -0.405 e. The zero-order chi connectivity index (χ0) is 12.5. The lowest BCUT2D eigenvalue weighted by atomic mass is 10.0. The van der Waals surface area contributed by atoms with Crippen LogP contribution >= 0.6 is 0 Å². The van der Waals surface area contributed by atoms with Crippen LogP contribution < -0.4 is 4.74 Å². The standard InChI is InChI=1S/C12H6F3NO/c13-12(14,15)17-11-6-5-8(7-16)9-3-1-2-4-10(9)11/h1-6H. The Morgan fingerprint density at radius 2 is 1.65 bits per heavy atom. The molecule has 0 saturated carbocycles. The zero-order valence-corrected chi connectivity index (χ0v) is 8.45. The molecule has 2 rings (SSSR count). The van der Waals surface area contributed by atoms with E-state index in [1.54, 1.807) is 18.2 Å². The lowest BCUT2D eigenvalue weighted by molar-refractivity contribution is -0.274. The Kier molecular flexibility index (Phi) is 2.64. The van der Waals surface area contributed by atoms with E-state index in [1.807, 2.05) is 6.07 Å². The molecule has 2 aromatic carbocycles. The Hall–Kier alpha value is -2.22. The molecular weight excluding hydrogens is 231 g/mol. The Bertz CT molecular complexity index is 599. The summed E-state index contributed by atoms with van der Waals surface area (Å²) in [5.41, 5.74) is 0.315. The molecule has 0 N–H and O–H groups in total. The first-order chi connectivity index (χ1) is 8.01. The maximum Gasteiger partial charge on any atom is 0.573 e. The number of benzene rings is 2. The van der Waals surface area contributed by atoms with Crippen LogP contribution in [-0.4, -0.2) is 6.36 Å². The van der Waals surface area contributed by atoms with Crippen molar-refractivity contribution in [2.75, 3.05) is 0 Å². The van der Waals surface area contributed by atoms with E-state index in [-0.39, 0.29) is 11.1 Å². The van der Waals surface area contributed by atoms with Crippen LogP contribution in [0.25, 0.3) is 10.8 Å². The molecule has 17 heavy (non-hydrogen) atoms. The SMILES string of the molecule is N#Cc1ccc(OC(F)(F)F)c2ccccc12. The number of fused-ring (bicyclic) bond motifs is 1. The van der Waals surface area contributed by atoms with Crippen molar-refractivity contribution in [1.29, 1.82) is 5.26 Å². The van der Waals surface area contributed by atoms with Gasteiger partial charge in [-0.25, -0.2) is 0 Å². The van der Waals surface area contributed by atoms with Crippen molar-refractivity contribution in [3.8, 4) is 11.8 Å². The summed E-state index contributed by atoms with van der Waals surface area (Å²) in [4.78, 5) is 0. The topological polar surface area (TPSA) is 33.0 Å². The van der Waals surface area contributed by atoms with Gasteiger partial charge < -0.3 is 4.74 Å². The number of hydrogen-bond acceptors (Lipinski definition) is 2. The summed E-state index contributed by atoms with van der Waals surface area (Å²) < 4.78 is 40.4. The number of rotatable bonds is 1. The zero-order valence-electron chi connectivity index (χ0n) is 8.45. The normalized spacial score (nSPS) is 11.2. The summed E-state index contributed by atoms with van der Waals surface area (Å²) in [5.74, 6) is -0.299. The summed E-state index contributed by atoms with van der Waals surface area (Å²) in [6.45, 7) is 0. The maximum atomic E-state index is 12.2. The van der Waals surface area contributed by atoms with Crippen molar-refractivity contribution in [2.45, 2.75) is 6.36 Å². The molecule has 0 radical (unpaired) electrons. The predicted molar refractivity (Wildman–Crippen MR) is 55.3 cm³/mol. The molecule has 0 spiro atoms. The lowest BCUT2D eigenvalue weighted by Gasteiger charge is -2.11. The molecule has 0 fully saturated rings. The molecule has 0 aliphatic carbocycles. The molecule has 2 nitrogen and oxygen atoms in total. The Morgan fingerprint density at radius 3 is 2.24 bits per heavy atom. The molecule has 0 bridgehead atoms. The predicted octanol–water partition coefficient (Wildman–Crippen LogP) is 3.61. The third-order valence-electron chi connectivity index (χ3n) is 2.23. The van der Waals surface area contributed by atoms with Crippen molar-refractivity contribution in [3.63, 3.8) is 0 Å². The largest absolute Gasteiger partial charge is 0.573 e. The van der Waals surface area contributed by atoms with E-state index in [2.05, 4.69) is 4.74 Å². The number of nitriles is 1. The van der Waals surface area contributed by atoms with Crippen molar-refractivity contribution in [1.82, 2.24) is 0 Å². The van der Waals surface area contributed by atoms with E-state index in [4.69, 9.17) is 5.26 Å². The molecular formula is C12H6F3NO. The highest BCUT2D eigenvalue weighted by atomic mass is 19.4. The van der Waals surface area contributed by atoms with Gasteiger partial charge in [-0.05, 0) is 12.1 Å². The van der Waals surface area contributed by atoms with Gasteiger partial charge in [0.2, 0.25) is 0 Å². The molecule has 0 unspecified atom stereocenters. The average molecular weight is 237 g/mol. The van der Waals surface area contributed by atoms with Gasteiger partial charge >= 0.3 is 6.36 Å². The number of halogens is 3. The third kappa shape index (κ3) is 2.31. The fourth-order valence-electron chi connectivity index (χ4n) is 1.58. The highest BCUT2D eigenvalue weighted by molar-refractivity contribution is 5.92. The molecule has 0 heterocycles. The summed E-state index contributed by atoms with van der Waals surface area (Å²) in [5, 5.41) is 9.55. The summed E-state index contributed by atoms with van der Waals surface area (Å²) >= 11 is 0. The third-order valence-corrected chi connectivity index (χ3v) is 2.23. The van der Waals surface area contributed by atoms with Crippen LogP contribution in [0.2, 0.25) is 0 Å². The van der Waals surface area contributed by atoms with Gasteiger partial charge in [0.05, 0.1) is 11.6 Å². The number of alkyl halides is 3. The Labute approximate surface area is 94.8 Å². The molecule has 0 saturated heterocycles.